The molecule has 1 amide bonds. The van der Waals surface area contributed by atoms with Gasteiger partial charge in [0, 0.05) is 12.6 Å². The Bertz CT molecular complexity index is 147. The predicted octanol–water partition coefficient (Wildman–Crippen LogP) is 0.120. The average Bonchev–Trinajstić information content (AvgIpc) is 2.36. The highest BCUT2D eigenvalue weighted by Gasteiger charge is 2.28. The van der Waals surface area contributed by atoms with Crippen LogP contribution in [0.5, 0.6) is 0 Å². The summed E-state index contributed by atoms with van der Waals surface area (Å²) in [7, 11) is 0. The molecule has 1 rings (SSSR count). The third-order valence-electron chi connectivity index (χ3n) is 2.21. The number of hydrogen-bond donors (Lipinski definition) is 2. The SMILES string of the molecule is CCNC(=O)C1CCNC1C. The van der Waals surface area contributed by atoms with Crippen LogP contribution in [0.2, 0.25) is 0 Å². The Kier molecular flexibility index (Phi) is 2.88. The van der Waals surface area contributed by atoms with Crippen molar-refractivity contribution < 1.29 is 4.79 Å². The van der Waals surface area contributed by atoms with E-state index in [1.54, 1.807) is 0 Å². The summed E-state index contributed by atoms with van der Waals surface area (Å²) in [5.41, 5.74) is 0. The van der Waals surface area contributed by atoms with E-state index in [-0.39, 0.29) is 11.8 Å². The molecule has 1 saturated heterocycles. The van der Waals surface area contributed by atoms with Gasteiger partial charge in [0.15, 0.2) is 0 Å². The second-order valence-electron chi connectivity index (χ2n) is 3.03. The Balaban J connectivity index is 2.39. The molecule has 0 radical (unpaired) electrons. The molecule has 1 heterocycles. The van der Waals surface area contributed by atoms with Gasteiger partial charge in [0.1, 0.15) is 0 Å². The van der Waals surface area contributed by atoms with E-state index < -0.39 is 0 Å². The molecule has 0 spiro atoms. The van der Waals surface area contributed by atoms with Gasteiger partial charge in [-0.2, -0.15) is 0 Å². The first kappa shape index (κ1) is 8.53. The van der Waals surface area contributed by atoms with E-state index in [9.17, 15) is 4.79 Å². The van der Waals surface area contributed by atoms with Crippen molar-refractivity contribution in [3.63, 3.8) is 0 Å². The van der Waals surface area contributed by atoms with Crippen LogP contribution in [0, 0.1) is 5.92 Å². The molecule has 0 aromatic heterocycles. The lowest BCUT2D eigenvalue weighted by molar-refractivity contribution is -0.124. The summed E-state index contributed by atoms with van der Waals surface area (Å²) in [5, 5.41) is 6.09. The molecule has 64 valence electrons. The van der Waals surface area contributed by atoms with E-state index in [1.165, 1.54) is 0 Å². The molecule has 0 aromatic carbocycles. The van der Waals surface area contributed by atoms with Gasteiger partial charge in [-0.15, -0.1) is 0 Å². The van der Waals surface area contributed by atoms with Crippen LogP contribution >= 0.6 is 0 Å². The Morgan fingerprint density at radius 1 is 1.73 bits per heavy atom. The molecule has 11 heavy (non-hydrogen) atoms. The first-order valence-electron chi connectivity index (χ1n) is 4.26. The minimum Gasteiger partial charge on any atom is -0.356 e. The van der Waals surface area contributed by atoms with E-state index in [0.29, 0.717) is 6.04 Å². The van der Waals surface area contributed by atoms with Crippen LogP contribution in [0.25, 0.3) is 0 Å². The fourth-order valence-corrected chi connectivity index (χ4v) is 1.52. The van der Waals surface area contributed by atoms with Crippen molar-refractivity contribution in [2.45, 2.75) is 26.3 Å². The molecular formula is C8H16N2O. The highest BCUT2D eigenvalue weighted by molar-refractivity contribution is 5.79. The van der Waals surface area contributed by atoms with Crippen molar-refractivity contribution in [3.8, 4) is 0 Å². The van der Waals surface area contributed by atoms with Crippen LogP contribution in [-0.4, -0.2) is 25.0 Å². The van der Waals surface area contributed by atoms with Gasteiger partial charge in [0.25, 0.3) is 0 Å². The quantitative estimate of drug-likeness (QED) is 0.596. The standard InChI is InChI=1S/C8H16N2O/c1-3-9-8(11)7-4-5-10-6(7)2/h6-7,10H,3-5H2,1-2H3,(H,9,11). The predicted molar refractivity (Wildman–Crippen MR) is 44.3 cm³/mol. The van der Waals surface area contributed by atoms with Crippen LogP contribution in [0.4, 0.5) is 0 Å². The fraction of sp³-hybridized carbons (Fsp3) is 0.875. The number of carbonyl (C=O) groups excluding carboxylic acids is 1. The number of rotatable bonds is 2. The average molecular weight is 156 g/mol. The zero-order valence-electron chi connectivity index (χ0n) is 7.18. The lowest BCUT2D eigenvalue weighted by Crippen LogP contribution is -2.36. The van der Waals surface area contributed by atoms with E-state index in [0.717, 1.165) is 19.5 Å². The van der Waals surface area contributed by atoms with Gasteiger partial charge in [-0.25, -0.2) is 0 Å². The Morgan fingerprint density at radius 3 is 2.91 bits per heavy atom. The first-order chi connectivity index (χ1) is 5.25. The summed E-state index contributed by atoms with van der Waals surface area (Å²) in [6, 6.07) is 0.349. The molecule has 0 aliphatic carbocycles. The van der Waals surface area contributed by atoms with Crippen LogP contribution in [0.15, 0.2) is 0 Å². The lowest BCUT2D eigenvalue weighted by atomic mass is 10.0. The third-order valence-corrected chi connectivity index (χ3v) is 2.21. The van der Waals surface area contributed by atoms with Crippen LogP contribution in [0.3, 0.4) is 0 Å². The monoisotopic (exact) mass is 156 g/mol. The van der Waals surface area contributed by atoms with Gasteiger partial charge in [0.2, 0.25) is 5.91 Å². The van der Waals surface area contributed by atoms with E-state index in [1.807, 2.05) is 6.92 Å². The lowest BCUT2D eigenvalue weighted by Gasteiger charge is -2.13. The molecule has 2 atom stereocenters. The summed E-state index contributed by atoms with van der Waals surface area (Å²) in [6.07, 6.45) is 0.979. The van der Waals surface area contributed by atoms with Gasteiger partial charge in [-0.05, 0) is 26.8 Å². The van der Waals surface area contributed by atoms with Gasteiger partial charge in [-0.3, -0.25) is 4.79 Å². The minimum atomic E-state index is 0.190. The fourth-order valence-electron chi connectivity index (χ4n) is 1.52. The Morgan fingerprint density at radius 2 is 2.45 bits per heavy atom. The van der Waals surface area contributed by atoms with Crippen molar-refractivity contribution in [2.75, 3.05) is 13.1 Å². The smallest absolute Gasteiger partial charge is 0.224 e. The number of nitrogens with one attached hydrogen (secondary N) is 2. The zero-order valence-corrected chi connectivity index (χ0v) is 7.18. The molecule has 1 fully saturated rings. The largest absolute Gasteiger partial charge is 0.356 e. The van der Waals surface area contributed by atoms with Gasteiger partial charge in [0.05, 0.1) is 5.92 Å². The maximum absolute atomic E-state index is 11.3. The molecule has 1 aliphatic rings. The molecule has 3 heteroatoms. The van der Waals surface area contributed by atoms with Crippen LogP contribution in [0.1, 0.15) is 20.3 Å². The Hall–Kier alpha value is -0.570. The highest BCUT2D eigenvalue weighted by atomic mass is 16.1. The molecule has 0 bridgehead atoms. The summed E-state index contributed by atoms with van der Waals surface area (Å²) in [4.78, 5) is 11.3. The number of hydrogen-bond acceptors (Lipinski definition) is 2. The molecule has 0 saturated carbocycles. The summed E-state index contributed by atoms with van der Waals surface area (Å²) >= 11 is 0. The summed E-state index contributed by atoms with van der Waals surface area (Å²) < 4.78 is 0. The van der Waals surface area contributed by atoms with Gasteiger partial charge in [-0.1, -0.05) is 0 Å². The van der Waals surface area contributed by atoms with Gasteiger partial charge < -0.3 is 10.6 Å². The highest BCUT2D eigenvalue weighted by Crippen LogP contribution is 2.14. The van der Waals surface area contributed by atoms with E-state index >= 15 is 0 Å². The van der Waals surface area contributed by atoms with E-state index in [4.69, 9.17) is 0 Å². The molecule has 1 aliphatic heterocycles. The van der Waals surface area contributed by atoms with Crippen molar-refractivity contribution in [1.29, 1.82) is 0 Å². The van der Waals surface area contributed by atoms with Gasteiger partial charge >= 0.3 is 0 Å². The topological polar surface area (TPSA) is 41.1 Å². The van der Waals surface area contributed by atoms with Crippen LogP contribution < -0.4 is 10.6 Å². The van der Waals surface area contributed by atoms with E-state index in [2.05, 4.69) is 17.6 Å². The minimum absolute atomic E-state index is 0.190. The second-order valence-corrected chi connectivity index (χ2v) is 3.03. The number of amides is 1. The molecule has 0 aromatic rings. The first-order valence-corrected chi connectivity index (χ1v) is 4.26. The zero-order chi connectivity index (χ0) is 8.27. The number of carbonyl (C=O) groups is 1. The second kappa shape index (κ2) is 3.72. The van der Waals surface area contributed by atoms with Crippen molar-refractivity contribution >= 4 is 5.91 Å². The maximum Gasteiger partial charge on any atom is 0.224 e. The molecule has 2 N–H and O–H groups in total. The molecular weight excluding hydrogens is 140 g/mol. The van der Waals surface area contributed by atoms with Crippen molar-refractivity contribution in [1.82, 2.24) is 10.6 Å². The van der Waals surface area contributed by atoms with Crippen LogP contribution in [-0.2, 0) is 4.79 Å². The third kappa shape index (κ3) is 1.93. The molecule has 3 nitrogen and oxygen atoms in total. The summed E-state index contributed by atoms with van der Waals surface area (Å²) in [5.74, 6) is 0.389. The van der Waals surface area contributed by atoms with Crippen molar-refractivity contribution in [2.24, 2.45) is 5.92 Å². The summed E-state index contributed by atoms with van der Waals surface area (Å²) in [6.45, 7) is 5.73. The Labute approximate surface area is 67.5 Å². The van der Waals surface area contributed by atoms with Crippen molar-refractivity contribution in [3.05, 3.63) is 0 Å². The maximum atomic E-state index is 11.3. The normalized spacial score (nSPS) is 30.4. The molecule has 2 unspecified atom stereocenters.